The van der Waals surface area contributed by atoms with Crippen molar-refractivity contribution in [2.45, 2.75) is 72.9 Å². The summed E-state index contributed by atoms with van der Waals surface area (Å²) in [4.78, 5) is 27.1. The Labute approximate surface area is 262 Å². The second kappa shape index (κ2) is 15.7. The molecule has 0 heterocycles. The highest BCUT2D eigenvalue weighted by Gasteiger charge is 2.37. The molecule has 1 aliphatic rings. The molecule has 3 rings (SSSR count). The van der Waals surface area contributed by atoms with Crippen LogP contribution in [0.3, 0.4) is 0 Å². The number of ketones is 1. The third-order valence-electron chi connectivity index (χ3n) is 7.48. The van der Waals surface area contributed by atoms with Crippen molar-refractivity contribution in [1.82, 2.24) is 0 Å². The summed E-state index contributed by atoms with van der Waals surface area (Å²) < 4.78 is 28.9. The van der Waals surface area contributed by atoms with Crippen LogP contribution in [0.25, 0.3) is 0 Å². The van der Waals surface area contributed by atoms with E-state index in [-0.39, 0.29) is 30.7 Å². The van der Waals surface area contributed by atoms with Crippen molar-refractivity contribution in [1.29, 1.82) is 0 Å². The van der Waals surface area contributed by atoms with Crippen molar-refractivity contribution < 1.29 is 33.3 Å². The quantitative estimate of drug-likeness (QED) is 0.106. The van der Waals surface area contributed by atoms with Crippen molar-refractivity contribution in [3.05, 3.63) is 113 Å². The Kier molecular flexibility index (Phi) is 12.3. The fraction of sp³-hybridized carbons (Fsp3) is 0.405. The van der Waals surface area contributed by atoms with Gasteiger partial charge in [-0.1, -0.05) is 62.4 Å². The first-order valence-corrected chi connectivity index (χ1v) is 15.0. The molecule has 2 aromatic rings. The summed E-state index contributed by atoms with van der Waals surface area (Å²) in [5.74, 6) is 0.291. The number of benzene rings is 2. The zero-order chi connectivity index (χ0) is 32.3. The zero-order valence-corrected chi connectivity index (χ0v) is 27.1. The monoisotopic (exact) mass is 602 g/mol. The molecule has 0 spiro atoms. The fourth-order valence-corrected chi connectivity index (χ4v) is 4.92. The predicted molar refractivity (Wildman–Crippen MR) is 172 cm³/mol. The third kappa shape index (κ3) is 9.04. The highest BCUT2D eigenvalue weighted by atomic mass is 16.5. The molecule has 0 N–H and O–H groups in total. The molecule has 44 heavy (non-hydrogen) atoms. The molecule has 0 bridgehead atoms. The Balaban J connectivity index is 1.91. The molecule has 0 radical (unpaired) electrons. The maximum atomic E-state index is 13.8. The molecule has 0 saturated carbocycles. The molecule has 0 aromatic heterocycles. The van der Waals surface area contributed by atoms with E-state index in [0.29, 0.717) is 31.0 Å². The summed E-state index contributed by atoms with van der Waals surface area (Å²) in [5, 5.41) is 0. The standard InChI is InChI=1S/C37H46O7/c1-9-33(43-24-26-15-13-12-14-16-26)36(4,5)23-28-21-31(41-10-2)34(35(39)42-11-3)30(28)22-32(38)37(6,7)44-25-27-17-19-29(40-8)20-18-27/h9,12-22,33H,1,10-11,23-25H2,2-8H3/b30-22-. The van der Waals surface area contributed by atoms with Gasteiger partial charge in [-0.05, 0) is 86.1 Å². The van der Waals surface area contributed by atoms with E-state index in [9.17, 15) is 9.59 Å². The Morgan fingerprint density at radius 3 is 2.16 bits per heavy atom. The smallest absolute Gasteiger partial charge is 0.342 e. The number of rotatable bonds is 17. The van der Waals surface area contributed by atoms with Crippen molar-refractivity contribution >= 4 is 11.8 Å². The van der Waals surface area contributed by atoms with E-state index in [2.05, 4.69) is 20.4 Å². The van der Waals surface area contributed by atoms with Crippen molar-refractivity contribution in [2.24, 2.45) is 5.41 Å². The molecule has 1 unspecified atom stereocenters. The van der Waals surface area contributed by atoms with Gasteiger partial charge in [0.05, 0.1) is 39.6 Å². The van der Waals surface area contributed by atoms with Gasteiger partial charge < -0.3 is 23.7 Å². The van der Waals surface area contributed by atoms with E-state index in [1.807, 2.05) is 67.6 Å². The van der Waals surface area contributed by atoms with Gasteiger partial charge in [-0.2, -0.15) is 0 Å². The summed E-state index contributed by atoms with van der Waals surface area (Å²) in [6.07, 6.45) is 5.28. The maximum Gasteiger partial charge on any atom is 0.342 e. The van der Waals surface area contributed by atoms with Gasteiger partial charge in [0.2, 0.25) is 0 Å². The fourth-order valence-electron chi connectivity index (χ4n) is 4.92. The van der Waals surface area contributed by atoms with E-state index >= 15 is 0 Å². The van der Waals surface area contributed by atoms with Crippen LogP contribution in [0.5, 0.6) is 5.75 Å². The number of hydrogen-bond acceptors (Lipinski definition) is 7. The number of allylic oxidation sites excluding steroid dienone is 2. The van der Waals surface area contributed by atoms with Gasteiger partial charge in [0.25, 0.3) is 0 Å². The number of carbonyl (C=O) groups excluding carboxylic acids is 2. The molecular weight excluding hydrogens is 556 g/mol. The van der Waals surface area contributed by atoms with Gasteiger partial charge in [-0.15, -0.1) is 6.58 Å². The maximum absolute atomic E-state index is 13.8. The lowest BCUT2D eigenvalue weighted by Crippen LogP contribution is -2.34. The Hall–Kier alpha value is -3.94. The molecule has 0 fully saturated rings. The van der Waals surface area contributed by atoms with Crippen LogP contribution in [0.4, 0.5) is 0 Å². The lowest BCUT2D eigenvalue weighted by Gasteiger charge is -2.33. The minimum atomic E-state index is -1.18. The van der Waals surface area contributed by atoms with Gasteiger partial charge in [0.1, 0.15) is 22.7 Å². The molecule has 7 heteroatoms. The van der Waals surface area contributed by atoms with Crippen molar-refractivity contribution in [2.75, 3.05) is 20.3 Å². The first kappa shape index (κ1) is 34.5. The van der Waals surface area contributed by atoms with E-state index in [4.69, 9.17) is 23.7 Å². The van der Waals surface area contributed by atoms with E-state index in [1.165, 1.54) is 6.08 Å². The molecule has 236 valence electrons. The summed E-state index contributed by atoms with van der Waals surface area (Å²) in [6.45, 7) is 16.4. The molecule has 0 aliphatic heterocycles. The van der Waals surface area contributed by atoms with Crippen LogP contribution >= 0.6 is 0 Å². The molecule has 0 amide bonds. The average Bonchev–Trinajstić information content (AvgIpc) is 3.32. The van der Waals surface area contributed by atoms with Crippen LogP contribution in [0.1, 0.15) is 59.1 Å². The van der Waals surface area contributed by atoms with Crippen LogP contribution in [0.2, 0.25) is 0 Å². The number of carbonyl (C=O) groups is 2. The largest absolute Gasteiger partial charge is 0.497 e. The van der Waals surface area contributed by atoms with Crippen LogP contribution in [0.15, 0.2) is 102 Å². The van der Waals surface area contributed by atoms with E-state index in [1.54, 1.807) is 34.0 Å². The minimum Gasteiger partial charge on any atom is -0.497 e. The SMILES string of the molecule is C=CC(OCc1ccccc1)C(C)(C)CC1=CC(OCC)=C(C(=O)OCC)/C1=C\C(=O)C(C)(C)OCc1ccc(OC)cc1. The molecule has 1 aliphatic carbocycles. The second-order valence-corrected chi connectivity index (χ2v) is 11.7. The van der Waals surface area contributed by atoms with Gasteiger partial charge >= 0.3 is 5.97 Å². The van der Waals surface area contributed by atoms with Crippen LogP contribution in [0, 0.1) is 5.41 Å². The van der Waals surface area contributed by atoms with E-state index in [0.717, 1.165) is 22.4 Å². The number of methoxy groups -OCH3 is 1. The first-order chi connectivity index (χ1) is 20.9. The molecule has 0 saturated heterocycles. The normalized spacial score (nSPS) is 15.2. The topological polar surface area (TPSA) is 80.3 Å². The lowest BCUT2D eigenvalue weighted by molar-refractivity contribution is -0.138. The van der Waals surface area contributed by atoms with Gasteiger partial charge in [0, 0.05) is 0 Å². The van der Waals surface area contributed by atoms with E-state index < -0.39 is 17.0 Å². The lowest BCUT2D eigenvalue weighted by atomic mass is 9.78. The molecular formula is C37H46O7. The van der Waals surface area contributed by atoms with Crippen LogP contribution in [-0.4, -0.2) is 43.8 Å². The van der Waals surface area contributed by atoms with Gasteiger partial charge in [0.15, 0.2) is 5.78 Å². The Morgan fingerprint density at radius 1 is 0.909 bits per heavy atom. The Morgan fingerprint density at radius 2 is 1.57 bits per heavy atom. The zero-order valence-electron chi connectivity index (χ0n) is 27.1. The second-order valence-electron chi connectivity index (χ2n) is 11.7. The first-order valence-electron chi connectivity index (χ1n) is 15.0. The van der Waals surface area contributed by atoms with Gasteiger partial charge in [-0.25, -0.2) is 4.79 Å². The molecule has 7 nitrogen and oxygen atoms in total. The number of ether oxygens (including phenoxy) is 5. The average molecular weight is 603 g/mol. The van der Waals surface area contributed by atoms with Gasteiger partial charge in [-0.3, -0.25) is 4.79 Å². The van der Waals surface area contributed by atoms with Crippen molar-refractivity contribution in [3.8, 4) is 5.75 Å². The highest BCUT2D eigenvalue weighted by molar-refractivity contribution is 6.04. The Bertz CT molecular complexity index is 1380. The number of hydrogen-bond donors (Lipinski definition) is 0. The van der Waals surface area contributed by atoms with Crippen LogP contribution < -0.4 is 4.74 Å². The van der Waals surface area contributed by atoms with Crippen LogP contribution in [-0.2, 0) is 41.8 Å². The molecule has 1 atom stereocenters. The summed E-state index contributed by atoms with van der Waals surface area (Å²) >= 11 is 0. The highest BCUT2D eigenvalue weighted by Crippen LogP contribution is 2.42. The summed E-state index contributed by atoms with van der Waals surface area (Å²) in [7, 11) is 1.61. The van der Waals surface area contributed by atoms with Crippen molar-refractivity contribution in [3.63, 3.8) is 0 Å². The molecule has 2 aromatic carbocycles. The summed E-state index contributed by atoms with van der Waals surface area (Å²) in [5.41, 5.74) is 1.81. The third-order valence-corrected chi connectivity index (χ3v) is 7.48. The number of esters is 1. The summed E-state index contributed by atoms with van der Waals surface area (Å²) in [6, 6.07) is 17.4. The minimum absolute atomic E-state index is 0.187. The predicted octanol–water partition coefficient (Wildman–Crippen LogP) is 7.47.